The van der Waals surface area contributed by atoms with Crippen molar-refractivity contribution < 1.29 is 23.3 Å². The number of ketones is 1. The van der Waals surface area contributed by atoms with Gasteiger partial charge >= 0.3 is 6.09 Å². The lowest BCUT2D eigenvalue weighted by molar-refractivity contribution is -0.140. The lowest BCUT2D eigenvalue weighted by Gasteiger charge is -2.30. The van der Waals surface area contributed by atoms with E-state index in [1.807, 2.05) is 44.2 Å². The van der Waals surface area contributed by atoms with Gasteiger partial charge in [-0.1, -0.05) is 44.2 Å². The molecule has 164 valence electrons. The second-order valence-electron chi connectivity index (χ2n) is 8.12. The molecular formula is C22H30N2O5S. The summed E-state index contributed by atoms with van der Waals surface area (Å²) in [4.78, 5) is 41.6. The van der Waals surface area contributed by atoms with Gasteiger partial charge in [-0.15, -0.1) is 0 Å². The molecule has 2 fully saturated rings. The number of hydrogen-bond donors (Lipinski definition) is 0. The summed E-state index contributed by atoms with van der Waals surface area (Å²) in [6.07, 6.45) is 2.11. The quantitative estimate of drug-likeness (QED) is 0.658. The maximum Gasteiger partial charge on any atom is 0.410 e. The maximum atomic E-state index is 13.2. The Morgan fingerprint density at radius 3 is 2.33 bits per heavy atom. The molecule has 2 saturated heterocycles. The molecule has 1 aromatic carbocycles. The number of Topliss-reactive ketones (excluding diaryl/α,β-unsaturated/α-hetero) is 1. The van der Waals surface area contributed by atoms with Crippen LogP contribution in [0.2, 0.25) is 0 Å². The fourth-order valence-electron chi connectivity index (χ4n) is 4.00. The van der Waals surface area contributed by atoms with Crippen molar-refractivity contribution >= 4 is 28.6 Å². The molecule has 0 aromatic heterocycles. The van der Waals surface area contributed by atoms with Crippen molar-refractivity contribution in [3.8, 4) is 0 Å². The zero-order valence-corrected chi connectivity index (χ0v) is 18.4. The summed E-state index contributed by atoms with van der Waals surface area (Å²) in [5.74, 6) is -0.376. The number of ether oxygens (including phenoxy) is 1. The third-order valence-electron chi connectivity index (χ3n) is 5.70. The highest BCUT2D eigenvalue weighted by Crippen LogP contribution is 2.26. The molecule has 30 heavy (non-hydrogen) atoms. The SMILES string of the molecule is CC(C)S(=O)CC(=O)[C@@H]1CCCN1C(=O)[C@@H]1CCCN1C(=O)OCc1ccccc1. The van der Waals surface area contributed by atoms with Crippen LogP contribution in [0.25, 0.3) is 0 Å². The first-order valence-corrected chi connectivity index (χ1v) is 11.9. The number of likely N-dealkylation sites (tertiary alicyclic amines) is 2. The molecule has 0 aliphatic carbocycles. The van der Waals surface area contributed by atoms with Gasteiger partial charge in [-0.2, -0.15) is 0 Å². The Hall–Kier alpha value is -2.22. The highest BCUT2D eigenvalue weighted by molar-refractivity contribution is 7.86. The van der Waals surface area contributed by atoms with Crippen LogP contribution in [-0.2, 0) is 31.7 Å². The highest BCUT2D eigenvalue weighted by atomic mass is 32.2. The van der Waals surface area contributed by atoms with Crippen LogP contribution < -0.4 is 0 Å². The topological polar surface area (TPSA) is 84.0 Å². The molecule has 7 nitrogen and oxygen atoms in total. The molecule has 1 unspecified atom stereocenters. The summed E-state index contributed by atoms with van der Waals surface area (Å²) in [5, 5.41) is -0.0933. The van der Waals surface area contributed by atoms with Crippen molar-refractivity contribution in [1.29, 1.82) is 0 Å². The van der Waals surface area contributed by atoms with Gasteiger partial charge in [-0.25, -0.2) is 4.79 Å². The second-order valence-corrected chi connectivity index (χ2v) is 10.1. The van der Waals surface area contributed by atoms with E-state index in [1.54, 1.807) is 4.90 Å². The molecule has 2 amide bonds. The third kappa shape index (κ3) is 5.28. The van der Waals surface area contributed by atoms with Gasteiger partial charge in [0, 0.05) is 29.1 Å². The summed E-state index contributed by atoms with van der Waals surface area (Å²) in [7, 11) is -1.24. The minimum atomic E-state index is -1.24. The van der Waals surface area contributed by atoms with Gasteiger partial charge in [0.25, 0.3) is 0 Å². The summed E-state index contributed by atoms with van der Waals surface area (Å²) >= 11 is 0. The Kier molecular flexibility index (Phi) is 7.64. The first kappa shape index (κ1) is 22.5. The van der Waals surface area contributed by atoms with E-state index in [1.165, 1.54) is 4.90 Å². The zero-order chi connectivity index (χ0) is 21.7. The lowest BCUT2D eigenvalue weighted by Crippen LogP contribution is -2.51. The van der Waals surface area contributed by atoms with E-state index in [2.05, 4.69) is 0 Å². The predicted octanol–water partition coefficient (Wildman–Crippen LogP) is 2.50. The molecule has 3 atom stereocenters. The third-order valence-corrected chi connectivity index (χ3v) is 7.32. The molecule has 1 aromatic rings. The van der Waals surface area contributed by atoms with Gasteiger partial charge in [0.1, 0.15) is 12.6 Å². The van der Waals surface area contributed by atoms with E-state index < -0.39 is 29.0 Å². The largest absolute Gasteiger partial charge is 0.445 e. The molecule has 0 saturated carbocycles. The summed E-state index contributed by atoms with van der Waals surface area (Å²) in [5.41, 5.74) is 0.885. The van der Waals surface area contributed by atoms with Crippen molar-refractivity contribution in [2.45, 2.75) is 63.5 Å². The Balaban J connectivity index is 1.61. The molecule has 8 heteroatoms. The van der Waals surface area contributed by atoms with Gasteiger partial charge in [0.05, 0.1) is 11.8 Å². The van der Waals surface area contributed by atoms with Gasteiger partial charge in [0.2, 0.25) is 5.91 Å². The number of hydrogen-bond acceptors (Lipinski definition) is 5. The Morgan fingerprint density at radius 1 is 1.03 bits per heavy atom. The average molecular weight is 435 g/mol. The molecule has 2 heterocycles. The predicted molar refractivity (Wildman–Crippen MR) is 114 cm³/mol. The number of carbonyl (C=O) groups excluding carboxylic acids is 3. The highest BCUT2D eigenvalue weighted by Gasteiger charge is 2.42. The van der Waals surface area contributed by atoms with Crippen LogP contribution in [0.5, 0.6) is 0 Å². The average Bonchev–Trinajstić information content (AvgIpc) is 3.42. The van der Waals surface area contributed by atoms with Crippen LogP contribution in [0.15, 0.2) is 30.3 Å². The Bertz CT molecular complexity index is 798. The van der Waals surface area contributed by atoms with E-state index in [0.717, 1.165) is 18.4 Å². The summed E-state index contributed by atoms with van der Waals surface area (Å²) in [6.45, 7) is 4.75. The molecule has 0 spiro atoms. The van der Waals surface area contributed by atoms with Gasteiger partial charge in [-0.3, -0.25) is 18.7 Å². The van der Waals surface area contributed by atoms with Gasteiger partial charge in [-0.05, 0) is 31.2 Å². The zero-order valence-electron chi connectivity index (χ0n) is 17.6. The second kappa shape index (κ2) is 10.2. The lowest BCUT2D eigenvalue weighted by atomic mass is 10.1. The van der Waals surface area contributed by atoms with Crippen LogP contribution in [0.1, 0.15) is 45.1 Å². The van der Waals surface area contributed by atoms with Crippen LogP contribution in [0.3, 0.4) is 0 Å². The van der Waals surface area contributed by atoms with Gasteiger partial charge in [0.15, 0.2) is 5.78 Å². The summed E-state index contributed by atoms with van der Waals surface area (Å²) in [6, 6.07) is 8.26. The normalized spacial score (nSPS) is 22.4. The van der Waals surface area contributed by atoms with Crippen LogP contribution >= 0.6 is 0 Å². The minimum absolute atomic E-state index is 0.0282. The smallest absolute Gasteiger partial charge is 0.410 e. The van der Waals surface area contributed by atoms with Crippen LogP contribution in [0.4, 0.5) is 4.79 Å². The first-order chi connectivity index (χ1) is 14.4. The molecule has 0 N–H and O–H groups in total. The molecule has 2 aliphatic rings. The van der Waals surface area contributed by atoms with E-state index in [-0.39, 0.29) is 29.3 Å². The van der Waals surface area contributed by atoms with E-state index in [9.17, 15) is 18.6 Å². The van der Waals surface area contributed by atoms with E-state index in [4.69, 9.17) is 4.74 Å². The van der Waals surface area contributed by atoms with Crippen molar-refractivity contribution in [1.82, 2.24) is 9.80 Å². The van der Waals surface area contributed by atoms with Crippen LogP contribution in [0, 0.1) is 0 Å². The van der Waals surface area contributed by atoms with E-state index >= 15 is 0 Å². The minimum Gasteiger partial charge on any atom is -0.445 e. The molecule has 3 rings (SSSR count). The molecule has 0 bridgehead atoms. The van der Waals surface area contributed by atoms with Gasteiger partial charge < -0.3 is 9.64 Å². The number of nitrogens with zero attached hydrogens (tertiary/aromatic N) is 2. The standard InChI is InChI=1S/C22H30N2O5S/c1-16(2)30(28)15-20(25)18-10-6-12-23(18)21(26)19-11-7-13-24(19)22(27)29-14-17-8-4-3-5-9-17/h3-5,8-9,16,18-19H,6-7,10-15H2,1-2H3/t18-,19-,30?/m0/s1. The van der Waals surface area contributed by atoms with Crippen molar-refractivity contribution in [2.24, 2.45) is 0 Å². The van der Waals surface area contributed by atoms with Crippen molar-refractivity contribution in [3.63, 3.8) is 0 Å². The Morgan fingerprint density at radius 2 is 1.67 bits per heavy atom. The number of carbonyl (C=O) groups is 3. The Labute approximate surface area is 180 Å². The number of amides is 2. The van der Waals surface area contributed by atoms with Crippen molar-refractivity contribution in [2.75, 3.05) is 18.8 Å². The van der Waals surface area contributed by atoms with Crippen LogP contribution in [-0.4, -0.2) is 68.0 Å². The first-order valence-electron chi connectivity index (χ1n) is 10.6. The van der Waals surface area contributed by atoms with E-state index in [0.29, 0.717) is 25.9 Å². The fourth-order valence-corrected chi connectivity index (χ4v) is 4.81. The van der Waals surface area contributed by atoms with Crippen molar-refractivity contribution in [3.05, 3.63) is 35.9 Å². The molecule has 2 aliphatic heterocycles. The molecular weight excluding hydrogens is 404 g/mol. The molecule has 0 radical (unpaired) electrons. The maximum absolute atomic E-state index is 13.2. The fraction of sp³-hybridized carbons (Fsp3) is 0.591. The monoisotopic (exact) mass is 434 g/mol. The summed E-state index contributed by atoms with van der Waals surface area (Å²) < 4.78 is 17.5. The number of rotatable bonds is 7. The number of benzene rings is 1.